The molecule has 0 aliphatic rings. The van der Waals surface area contributed by atoms with E-state index >= 15 is 0 Å². The standard InChI is InChI=1S/C59H75BrN10O13/c1-38(2)27-45(56(78)63-34-53(75)82-36-42-21-13-7-14-22-42)69-58(80)47(29-40-17-9-5-10-18-40)67-50(72)31-61-49(71)26-25-44(66-52(74)33-65-60)55(77)62-32-51(73)68-48(30-41-19-11-6-12-20-41)59(81)70-46(28-39(3)4)57(79)64-35-54(76)83-37-43-23-15-8-16-24-43/h5-24,38-39,44-48,65H,25-37H2,1-4H3,(H,61,71)(H,62,77)(H,63,78)(H,64,79)(H,66,74)(H,67,72)(H,68,73)(H,69,80)(H,70,81). The highest BCUT2D eigenvalue weighted by Gasteiger charge is 2.31. The van der Waals surface area contributed by atoms with Crippen LogP contribution in [-0.4, -0.2) is 128 Å². The van der Waals surface area contributed by atoms with E-state index in [-0.39, 0.29) is 63.7 Å². The minimum Gasteiger partial charge on any atom is -0.460 e. The van der Waals surface area contributed by atoms with Crippen LogP contribution in [0.3, 0.4) is 0 Å². The smallest absolute Gasteiger partial charge is 0.325 e. The lowest BCUT2D eigenvalue weighted by Crippen LogP contribution is -2.56. The molecule has 4 aromatic carbocycles. The molecule has 0 fully saturated rings. The summed E-state index contributed by atoms with van der Waals surface area (Å²) in [6, 6.07) is 29.4. The highest BCUT2D eigenvalue weighted by atomic mass is 79.9. The molecule has 0 aromatic heterocycles. The molecule has 0 saturated heterocycles. The van der Waals surface area contributed by atoms with E-state index in [1.165, 1.54) is 0 Å². The van der Waals surface area contributed by atoms with E-state index in [2.05, 4.69) is 68.3 Å². The van der Waals surface area contributed by atoms with Crippen LogP contribution in [0.25, 0.3) is 0 Å². The van der Waals surface area contributed by atoms with Gasteiger partial charge in [0, 0.05) is 35.4 Å². The molecule has 23 nitrogen and oxygen atoms in total. The lowest BCUT2D eigenvalue weighted by atomic mass is 10.0. The minimum absolute atomic E-state index is 0.00135. The third kappa shape index (κ3) is 27.2. The van der Waals surface area contributed by atoms with Gasteiger partial charge >= 0.3 is 11.9 Å². The van der Waals surface area contributed by atoms with Gasteiger partial charge in [0.05, 0.1) is 19.6 Å². The molecule has 4 aromatic rings. The first-order valence-corrected chi connectivity index (χ1v) is 28.0. The van der Waals surface area contributed by atoms with Crippen molar-refractivity contribution >= 4 is 81.3 Å². The van der Waals surface area contributed by atoms with E-state index in [1.54, 1.807) is 109 Å². The number of esters is 2. The summed E-state index contributed by atoms with van der Waals surface area (Å²) in [7, 11) is 0. The Morgan fingerprint density at radius 3 is 1.10 bits per heavy atom. The Morgan fingerprint density at radius 2 is 0.711 bits per heavy atom. The quantitative estimate of drug-likeness (QED) is 0.0231. The van der Waals surface area contributed by atoms with Crippen molar-refractivity contribution in [2.24, 2.45) is 11.8 Å². The van der Waals surface area contributed by atoms with Crippen LogP contribution in [-0.2, 0) is 88.3 Å². The van der Waals surface area contributed by atoms with Crippen molar-refractivity contribution in [2.75, 3.05) is 32.7 Å². The van der Waals surface area contributed by atoms with Crippen molar-refractivity contribution in [2.45, 2.75) is 110 Å². The van der Waals surface area contributed by atoms with Gasteiger partial charge in [-0.05, 0) is 53.4 Å². The molecule has 9 amide bonds. The predicted molar refractivity (Wildman–Crippen MR) is 310 cm³/mol. The Labute approximate surface area is 491 Å². The number of carbonyl (C=O) groups is 11. The predicted octanol–water partition coefficient (Wildman–Crippen LogP) is 1.62. The van der Waals surface area contributed by atoms with Gasteiger partial charge < -0.3 is 57.3 Å². The Bertz CT molecular complexity index is 2760. The van der Waals surface area contributed by atoms with Crippen LogP contribution in [0.2, 0.25) is 0 Å². The molecule has 83 heavy (non-hydrogen) atoms. The van der Waals surface area contributed by atoms with E-state index < -0.39 is 128 Å². The van der Waals surface area contributed by atoms with Crippen LogP contribution < -0.4 is 52.2 Å². The monoisotopic (exact) mass is 1210 g/mol. The summed E-state index contributed by atoms with van der Waals surface area (Å²) in [6.07, 6.45) is -0.360. The Balaban J connectivity index is 1.34. The molecule has 0 bridgehead atoms. The van der Waals surface area contributed by atoms with Crippen LogP contribution >= 0.6 is 16.1 Å². The molecular formula is C59H75BrN10O13. The number of hydrogen-bond acceptors (Lipinski definition) is 14. The average Bonchev–Trinajstić information content (AvgIpc) is 3.47. The van der Waals surface area contributed by atoms with Crippen molar-refractivity contribution in [3.63, 3.8) is 0 Å². The number of ether oxygens (including phenoxy) is 2. The van der Waals surface area contributed by atoms with Crippen LogP contribution in [0.1, 0.15) is 75.6 Å². The first kappa shape index (κ1) is 67.0. The fourth-order valence-corrected chi connectivity index (χ4v) is 8.37. The maximum atomic E-state index is 13.9. The molecule has 0 saturated carbocycles. The van der Waals surface area contributed by atoms with Crippen LogP contribution in [0.4, 0.5) is 0 Å². The second-order valence-electron chi connectivity index (χ2n) is 20.2. The molecule has 0 heterocycles. The molecule has 5 unspecified atom stereocenters. The Morgan fingerprint density at radius 1 is 0.373 bits per heavy atom. The molecular weight excluding hydrogens is 1140 g/mol. The summed E-state index contributed by atoms with van der Waals surface area (Å²) in [5.74, 6) is -8.10. The van der Waals surface area contributed by atoms with Crippen LogP contribution in [0.15, 0.2) is 121 Å². The van der Waals surface area contributed by atoms with Gasteiger partial charge in [0.1, 0.15) is 56.5 Å². The number of halogens is 1. The molecule has 0 radical (unpaired) electrons. The summed E-state index contributed by atoms with van der Waals surface area (Å²) in [5.41, 5.74) is 2.84. The molecule has 0 aliphatic heterocycles. The van der Waals surface area contributed by atoms with Crippen LogP contribution in [0, 0.1) is 11.8 Å². The highest BCUT2D eigenvalue weighted by molar-refractivity contribution is 9.08. The number of benzene rings is 4. The lowest BCUT2D eigenvalue weighted by Gasteiger charge is -2.24. The summed E-state index contributed by atoms with van der Waals surface area (Å²) < 4.78 is 13.0. The normalized spacial score (nSPS) is 12.6. The Kier molecular flexibility index (Phi) is 29.7. The zero-order chi connectivity index (χ0) is 60.5. The minimum atomic E-state index is -1.38. The SMILES string of the molecule is CC(C)CC(NC(=O)C(Cc1ccccc1)NC(=O)CNC(=O)CCC(NC(=O)CNBr)C(=O)NCC(=O)NC(Cc1ccccc1)C(=O)NC(CC(C)C)C(=O)NCC(=O)OCc1ccccc1)C(=O)NCC(=O)OCc1ccccc1. The molecule has 10 N–H and O–H groups in total. The summed E-state index contributed by atoms with van der Waals surface area (Å²) in [5, 5.41) is 23.1. The molecule has 0 aliphatic carbocycles. The van der Waals surface area contributed by atoms with Gasteiger partial charge in [-0.3, -0.25) is 52.7 Å². The molecule has 446 valence electrons. The fraction of sp³-hybridized carbons (Fsp3) is 0.407. The van der Waals surface area contributed by atoms with Crippen molar-refractivity contribution in [1.82, 2.24) is 52.2 Å². The first-order chi connectivity index (χ1) is 39.8. The van der Waals surface area contributed by atoms with E-state index in [9.17, 15) is 52.7 Å². The topological polar surface area (TPSA) is 327 Å². The lowest BCUT2D eigenvalue weighted by molar-refractivity contribution is -0.146. The van der Waals surface area contributed by atoms with Gasteiger partial charge in [-0.15, -0.1) is 0 Å². The van der Waals surface area contributed by atoms with Crippen LogP contribution in [0.5, 0.6) is 0 Å². The fourth-order valence-electron chi connectivity index (χ4n) is 8.11. The van der Waals surface area contributed by atoms with Crippen molar-refractivity contribution < 1.29 is 62.2 Å². The third-order valence-corrected chi connectivity index (χ3v) is 12.5. The van der Waals surface area contributed by atoms with Gasteiger partial charge in [-0.2, -0.15) is 0 Å². The molecule has 24 heteroatoms. The molecule has 0 spiro atoms. The van der Waals surface area contributed by atoms with Gasteiger partial charge in [-0.25, -0.2) is 4.34 Å². The maximum Gasteiger partial charge on any atom is 0.325 e. The van der Waals surface area contributed by atoms with Gasteiger partial charge in [0.2, 0.25) is 53.2 Å². The molecule has 4 rings (SSSR count). The van der Waals surface area contributed by atoms with Gasteiger partial charge in [0.15, 0.2) is 0 Å². The average molecular weight is 1210 g/mol. The Hall–Kier alpha value is -8.51. The first-order valence-electron chi connectivity index (χ1n) is 27.2. The summed E-state index contributed by atoms with van der Waals surface area (Å²) in [4.78, 5) is 146. The van der Waals surface area contributed by atoms with E-state index in [1.807, 2.05) is 39.8 Å². The van der Waals surface area contributed by atoms with E-state index in [0.717, 1.165) is 11.1 Å². The van der Waals surface area contributed by atoms with Gasteiger partial charge in [0.25, 0.3) is 0 Å². The van der Waals surface area contributed by atoms with Crippen molar-refractivity contribution in [3.05, 3.63) is 144 Å². The highest BCUT2D eigenvalue weighted by Crippen LogP contribution is 2.11. The summed E-state index contributed by atoms with van der Waals surface area (Å²) >= 11 is 2.94. The summed E-state index contributed by atoms with van der Waals surface area (Å²) in [6.45, 7) is 4.89. The zero-order valence-corrected chi connectivity index (χ0v) is 48.6. The third-order valence-electron chi connectivity index (χ3n) is 12.3. The largest absolute Gasteiger partial charge is 0.460 e. The second-order valence-corrected chi connectivity index (χ2v) is 20.8. The maximum absolute atomic E-state index is 13.9. The van der Waals surface area contributed by atoms with E-state index in [0.29, 0.717) is 11.1 Å². The van der Waals surface area contributed by atoms with Crippen molar-refractivity contribution in [1.29, 1.82) is 0 Å². The number of rotatable bonds is 35. The number of carbonyl (C=O) groups excluding carboxylic acids is 11. The van der Waals surface area contributed by atoms with E-state index in [4.69, 9.17) is 9.47 Å². The zero-order valence-electron chi connectivity index (χ0n) is 47.0. The van der Waals surface area contributed by atoms with Crippen molar-refractivity contribution in [3.8, 4) is 0 Å². The number of nitrogens with one attached hydrogen (secondary N) is 10. The number of amides is 9. The molecule has 5 atom stereocenters. The second kappa shape index (κ2) is 36.8. The van der Waals surface area contributed by atoms with Gasteiger partial charge in [-0.1, -0.05) is 149 Å². The number of hydrogen-bond donors (Lipinski definition) is 10.